The van der Waals surface area contributed by atoms with Crippen LogP contribution in [0.25, 0.3) is 0 Å². The van der Waals surface area contributed by atoms with Crippen LogP contribution in [0.2, 0.25) is 19.6 Å². The lowest BCUT2D eigenvalue weighted by atomic mass is 10.4. The van der Waals surface area contributed by atoms with Crippen molar-refractivity contribution in [1.29, 1.82) is 0 Å². The van der Waals surface area contributed by atoms with Crippen LogP contribution in [0, 0.1) is 0 Å². The molecule has 0 fully saturated rings. The Kier molecular flexibility index (Phi) is 4.47. The smallest absolute Gasteiger partial charge is 0.0772 e. The zero-order valence-corrected chi connectivity index (χ0v) is 15.5. The third kappa shape index (κ3) is 3.32. The Morgan fingerprint density at radius 1 is 0.773 bits per heavy atom. The van der Waals surface area contributed by atoms with E-state index < -0.39 is 16.0 Å². The average Bonchev–Trinajstić information content (AvgIpc) is 2.99. The van der Waals surface area contributed by atoms with Crippen molar-refractivity contribution in [2.75, 3.05) is 0 Å². The molecule has 1 aliphatic carbocycles. The Bertz CT molecular complexity index is 654. The maximum atomic E-state index is 2.51. The lowest BCUT2D eigenvalue weighted by molar-refractivity contribution is 1.40. The van der Waals surface area contributed by atoms with Gasteiger partial charge in [0.1, 0.15) is 0 Å². The molecule has 0 nitrogen and oxygen atoms in total. The van der Waals surface area contributed by atoms with Crippen molar-refractivity contribution < 1.29 is 0 Å². The monoisotopic (exact) mass is 322 g/mol. The fourth-order valence-electron chi connectivity index (χ4n) is 2.83. The first-order valence-electron chi connectivity index (χ1n) is 7.87. The molecule has 0 aliphatic heterocycles. The van der Waals surface area contributed by atoms with Gasteiger partial charge in [-0.3, -0.25) is 0 Å². The Morgan fingerprint density at radius 3 is 1.68 bits per heavy atom. The van der Waals surface area contributed by atoms with E-state index in [2.05, 4.69) is 92.5 Å². The minimum absolute atomic E-state index is 0.395. The van der Waals surface area contributed by atoms with Crippen LogP contribution in [0.4, 0.5) is 0 Å². The summed E-state index contributed by atoms with van der Waals surface area (Å²) in [6, 6.07) is 22.0. The summed E-state index contributed by atoms with van der Waals surface area (Å²) in [6.45, 7) is 7.31. The van der Waals surface area contributed by atoms with Gasteiger partial charge in [0.2, 0.25) is 0 Å². The molecule has 2 aromatic rings. The molecule has 0 atom stereocenters. The van der Waals surface area contributed by atoms with E-state index in [9.17, 15) is 0 Å². The lowest BCUT2D eigenvalue weighted by Gasteiger charge is -2.21. The normalized spacial score (nSPS) is 14.9. The van der Waals surface area contributed by atoms with Gasteiger partial charge in [0.05, 0.1) is 8.07 Å². The summed E-state index contributed by atoms with van der Waals surface area (Å²) in [4.78, 5) is 0. The molecular formula is C20H23PSi. The molecule has 0 saturated carbocycles. The molecule has 22 heavy (non-hydrogen) atoms. The molecule has 1 aliphatic rings. The summed E-state index contributed by atoms with van der Waals surface area (Å²) in [6.07, 6.45) is 6.11. The van der Waals surface area contributed by atoms with Gasteiger partial charge in [0, 0.05) is 0 Å². The maximum absolute atomic E-state index is 2.51. The summed E-state index contributed by atoms with van der Waals surface area (Å²) in [5.74, 6) is 0. The fourth-order valence-corrected chi connectivity index (χ4v) is 6.71. The van der Waals surface area contributed by atoms with Crippen LogP contribution in [-0.4, -0.2) is 8.07 Å². The number of benzene rings is 2. The Balaban J connectivity index is 2.02. The Hall–Kier alpha value is -1.43. The SMILES string of the molecule is C[Si](C)(C)C1=CCC(P(c2ccccc2)c2ccccc2)=C1. The molecule has 0 heterocycles. The number of hydrogen-bond donors (Lipinski definition) is 0. The molecule has 112 valence electrons. The highest BCUT2D eigenvalue weighted by molar-refractivity contribution is 7.76. The van der Waals surface area contributed by atoms with Gasteiger partial charge >= 0.3 is 0 Å². The highest BCUT2D eigenvalue weighted by atomic mass is 31.1. The highest BCUT2D eigenvalue weighted by Crippen LogP contribution is 2.48. The molecule has 0 N–H and O–H groups in total. The molecule has 2 aromatic carbocycles. The third-order valence-corrected chi connectivity index (χ3v) is 8.63. The van der Waals surface area contributed by atoms with Crippen molar-refractivity contribution in [2.45, 2.75) is 26.1 Å². The Morgan fingerprint density at radius 2 is 1.27 bits per heavy atom. The first kappa shape index (κ1) is 15.5. The van der Waals surface area contributed by atoms with Crippen LogP contribution < -0.4 is 10.6 Å². The van der Waals surface area contributed by atoms with E-state index in [4.69, 9.17) is 0 Å². The molecule has 0 spiro atoms. The van der Waals surface area contributed by atoms with Crippen molar-refractivity contribution >= 4 is 26.6 Å². The zero-order chi connectivity index (χ0) is 15.6. The largest absolute Gasteiger partial charge is 0.0808 e. The van der Waals surface area contributed by atoms with Gasteiger partial charge in [-0.1, -0.05) is 97.7 Å². The summed E-state index contributed by atoms with van der Waals surface area (Å²) >= 11 is 0. The zero-order valence-electron chi connectivity index (χ0n) is 13.6. The molecule has 2 heteroatoms. The van der Waals surface area contributed by atoms with E-state index in [1.807, 2.05) is 0 Å². The van der Waals surface area contributed by atoms with E-state index in [1.54, 1.807) is 10.5 Å². The van der Waals surface area contributed by atoms with Crippen molar-refractivity contribution in [2.24, 2.45) is 0 Å². The summed E-state index contributed by atoms with van der Waals surface area (Å²) < 4.78 is 0. The number of rotatable bonds is 4. The number of hydrogen-bond acceptors (Lipinski definition) is 0. The molecule has 0 amide bonds. The van der Waals surface area contributed by atoms with Gasteiger partial charge in [-0.25, -0.2) is 0 Å². The predicted octanol–water partition coefficient (Wildman–Crippen LogP) is 5.21. The maximum Gasteiger partial charge on any atom is 0.0772 e. The van der Waals surface area contributed by atoms with Crippen LogP contribution in [-0.2, 0) is 0 Å². The first-order chi connectivity index (χ1) is 10.6. The van der Waals surface area contributed by atoms with Crippen LogP contribution >= 0.6 is 7.92 Å². The number of allylic oxidation sites excluding steroid dienone is 4. The molecular weight excluding hydrogens is 299 g/mol. The van der Waals surface area contributed by atoms with E-state index in [0.717, 1.165) is 6.42 Å². The van der Waals surface area contributed by atoms with Gasteiger partial charge in [0.15, 0.2) is 0 Å². The Labute approximate surface area is 136 Å². The van der Waals surface area contributed by atoms with Crippen molar-refractivity contribution in [3.8, 4) is 0 Å². The molecule has 0 radical (unpaired) electrons. The minimum atomic E-state index is -1.22. The fraction of sp³-hybridized carbons (Fsp3) is 0.200. The third-order valence-electron chi connectivity index (χ3n) is 4.04. The van der Waals surface area contributed by atoms with E-state index >= 15 is 0 Å². The van der Waals surface area contributed by atoms with E-state index in [-0.39, 0.29) is 0 Å². The van der Waals surface area contributed by atoms with E-state index in [0.29, 0.717) is 0 Å². The minimum Gasteiger partial charge on any atom is -0.0808 e. The van der Waals surface area contributed by atoms with Crippen LogP contribution in [0.3, 0.4) is 0 Å². The molecule has 0 aromatic heterocycles. The standard InChI is InChI=1S/C20H23PSi/c1-22(2,3)20-15-14-19(16-20)21(17-10-6-4-7-11-17)18-12-8-5-9-13-18/h4-13,15-16H,14H2,1-3H3. The predicted molar refractivity (Wildman–Crippen MR) is 103 cm³/mol. The van der Waals surface area contributed by atoms with Crippen molar-refractivity contribution in [3.05, 3.63) is 83.3 Å². The molecule has 0 saturated heterocycles. The average molecular weight is 322 g/mol. The summed E-state index contributed by atoms with van der Waals surface area (Å²) in [5, 5.41) is 6.13. The lowest BCUT2D eigenvalue weighted by Crippen LogP contribution is -2.21. The second-order valence-corrected chi connectivity index (χ2v) is 14.1. The van der Waals surface area contributed by atoms with E-state index in [1.165, 1.54) is 10.6 Å². The van der Waals surface area contributed by atoms with Crippen molar-refractivity contribution in [1.82, 2.24) is 0 Å². The van der Waals surface area contributed by atoms with Crippen molar-refractivity contribution in [3.63, 3.8) is 0 Å². The summed E-state index contributed by atoms with van der Waals surface area (Å²) in [5.41, 5.74) is 0. The summed E-state index contributed by atoms with van der Waals surface area (Å²) in [7, 11) is -1.61. The van der Waals surface area contributed by atoms with Gasteiger partial charge in [0.25, 0.3) is 0 Å². The van der Waals surface area contributed by atoms with Gasteiger partial charge in [-0.2, -0.15) is 0 Å². The van der Waals surface area contributed by atoms with Crippen LogP contribution in [0.5, 0.6) is 0 Å². The van der Waals surface area contributed by atoms with Gasteiger partial charge in [-0.05, 0) is 30.3 Å². The van der Waals surface area contributed by atoms with Crippen LogP contribution in [0.15, 0.2) is 83.3 Å². The molecule has 0 unspecified atom stereocenters. The second kappa shape index (κ2) is 6.36. The topological polar surface area (TPSA) is 0 Å². The van der Waals surface area contributed by atoms with Gasteiger partial charge < -0.3 is 0 Å². The first-order valence-corrected chi connectivity index (χ1v) is 12.7. The molecule has 0 bridgehead atoms. The quantitative estimate of drug-likeness (QED) is 0.535. The van der Waals surface area contributed by atoms with Crippen LogP contribution in [0.1, 0.15) is 6.42 Å². The second-order valence-electron chi connectivity index (χ2n) is 6.76. The van der Waals surface area contributed by atoms with Gasteiger partial charge in [-0.15, -0.1) is 0 Å². The molecule has 3 rings (SSSR count). The highest BCUT2D eigenvalue weighted by Gasteiger charge is 2.26.